The van der Waals surface area contributed by atoms with Crippen LogP contribution < -0.4 is 0 Å². The number of carbonyl (C=O) groups is 1. The van der Waals surface area contributed by atoms with Crippen molar-refractivity contribution in [2.24, 2.45) is 0 Å². The molecule has 1 aromatic carbocycles. The summed E-state index contributed by atoms with van der Waals surface area (Å²) in [6, 6.07) is 9.09. The van der Waals surface area contributed by atoms with Gasteiger partial charge in [-0.1, -0.05) is 54.1 Å². The predicted molar refractivity (Wildman–Crippen MR) is 54.9 cm³/mol. The molecule has 0 aliphatic carbocycles. The van der Waals surface area contributed by atoms with Gasteiger partial charge in [0.25, 0.3) is 0 Å². The molecule has 2 heteroatoms. The SMILES string of the molecule is O=C(/C=C/C=C\Cl)c1ccccc1. The van der Waals surface area contributed by atoms with Crippen LogP contribution in [0.2, 0.25) is 0 Å². The molecule has 0 N–H and O–H groups in total. The van der Waals surface area contributed by atoms with Crippen molar-refractivity contribution in [3.63, 3.8) is 0 Å². The van der Waals surface area contributed by atoms with Crippen LogP contribution >= 0.6 is 11.6 Å². The molecule has 0 unspecified atom stereocenters. The van der Waals surface area contributed by atoms with Crippen LogP contribution in [0, 0.1) is 0 Å². The zero-order chi connectivity index (χ0) is 9.52. The third-order valence-electron chi connectivity index (χ3n) is 1.49. The molecule has 0 aliphatic rings. The highest BCUT2D eigenvalue weighted by molar-refractivity contribution is 6.25. The van der Waals surface area contributed by atoms with Gasteiger partial charge in [0.15, 0.2) is 5.78 Å². The van der Waals surface area contributed by atoms with Gasteiger partial charge in [-0.25, -0.2) is 0 Å². The lowest BCUT2D eigenvalue weighted by molar-refractivity contribution is 0.104. The molecule has 0 saturated heterocycles. The molecule has 0 spiro atoms. The molecule has 0 amide bonds. The molecule has 0 heterocycles. The first kappa shape index (κ1) is 9.75. The predicted octanol–water partition coefficient (Wildman–Crippen LogP) is 3.18. The fourth-order valence-corrected chi connectivity index (χ4v) is 0.968. The van der Waals surface area contributed by atoms with E-state index in [1.165, 1.54) is 11.6 Å². The second-order valence-corrected chi connectivity index (χ2v) is 2.66. The van der Waals surface area contributed by atoms with Gasteiger partial charge in [-0.3, -0.25) is 4.79 Å². The number of allylic oxidation sites excluding steroid dienone is 3. The molecule has 1 nitrogen and oxygen atoms in total. The monoisotopic (exact) mass is 192 g/mol. The van der Waals surface area contributed by atoms with Crippen molar-refractivity contribution in [2.75, 3.05) is 0 Å². The number of benzene rings is 1. The molecule has 1 aromatic rings. The standard InChI is InChI=1S/C11H9ClO/c12-9-5-4-8-11(13)10-6-2-1-3-7-10/h1-9H/b8-4+,9-5-. The number of hydrogen-bond donors (Lipinski definition) is 0. The summed E-state index contributed by atoms with van der Waals surface area (Å²) < 4.78 is 0. The van der Waals surface area contributed by atoms with Crippen molar-refractivity contribution in [3.05, 3.63) is 59.7 Å². The molecular weight excluding hydrogens is 184 g/mol. The van der Waals surface area contributed by atoms with E-state index in [1.807, 2.05) is 18.2 Å². The number of carbonyl (C=O) groups excluding carboxylic acids is 1. The molecule has 66 valence electrons. The summed E-state index contributed by atoms with van der Waals surface area (Å²) in [5.74, 6) is -0.0182. The van der Waals surface area contributed by atoms with Crippen molar-refractivity contribution in [1.29, 1.82) is 0 Å². The topological polar surface area (TPSA) is 17.1 Å². The Morgan fingerprint density at radius 1 is 1.15 bits per heavy atom. The minimum atomic E-state index is -0.0182. The van der Waals surface area contributed by atoms with Crippen LogP contribution in [-0.2, 0) is 0 Å². The summed E-state index contributed by atoms with van der Waals surface area (Å²) in [6.07, 6.45) is 4.69. The fraction of sp³-hybridized carbons (Fsp3) is 0. The number of halogens is 1. The van der Waals surface area contributed by atoms with Crippen LogP contribution in [0.25, 0.3) is 0 Å². The van der Waals surface area contributed by atoms with Crippen LogP contribution in [0.3, 0.4) is 0 Å². The van der Waals surface area contributed by atoms with E-state index in [0.29, 0.717) is 5.56 Å². The van der Waals surface area contributed by atoms with Crippen LogP contribution in [0.4, 0.5) is 0 Å². The number of ketones is 1. The van der Waals surface area contributed by atoms with Crippen molar-refractivity contribution in [2.45, 2.75) is 0 Å². The Balaban J connectivity index is 2.70. The lowest BCUT2D eigenvalue weighted by Crippen LogP contribution is -1.92. The molecular formula is C11H9ClO. The maximum Gasteiger partial charge on any atom is 0.185 e. The van der Waals surface area contributed by atoms with Crippen LogP contribution in [0.1, 0.15) is 10.4 Å². The molecule has 0 aromatic heterocycles. The van der Waals surface area contributed by atoms with E-state index < -0.39 is 0 Å². The average Bonchev–Trinajstić information content (AvgIpc) is 2.19. The summed E-state index contributed by atoms with van der Waals surface area (Å²) in [5.41, 5.74) is 2.04. The smallest absolute Gasteiger partial charge is 0.185 e. The van der Waals surface area contributed by atoms with Gasteiger partial charge in [0.1, 0.15) is 0 Å². The van der Waals surface area contributed by atoms with E-state index in [9.17, 15) is 4.79 Å². The van der Waals surface area contributed by atoms with Crippen molar-refractivity contribution in [3.8, 4) is 0 Å². The van der Waals surface area contributed by atoms with Crippen LogP contribution in [-0.4, -0.2) is 5.78 Å². The molecule has 0 fully saturated rings. The zero-order valence-electron chi connectivity index (χ0n) is 6.98. The van der Waals surface area contributed by atoms with E-state index in [4.69, 9.17) is 11.6 Å². The second-order valence-electron chi connectivity index (χ2n) is 2.41. The van der Waals surface area contributed by atoms with E-state index in [-0.39, 0.29) is 5.78 Å². The van der Waals surface area contributed by atoms with Gasteiger partial charge in [-0.15, -0.1) is 0 Å². The van der Waals surface area contributed by atoms with Gasteiger partial charge < -0.3 is 0 Å². The van der Waals surface area contributed by atoms with Gasteiger partial charge >= 0.3 is 0 Å². The van der Waals surface area contributed by atoms with Gasteiger partial charge in [0.05, 0.1) is 0 Å². The number of hydrogen-bond acceptors (Lipinski definition) is 1. The van der Waals surface area contributed by atoms with Crippen LogP contribution in [0.15, 0.2) is 54.1 Å². The molecule has 0 aliphatic heterocycles. The Hall–Kier alpha value is -1.34. The molecule has 0 radical (unpaired) electrons. The Morgan fingerprint density at radius 2 is 1.85 bits per heavy atom. The molecule has 0 bridgehead atoms. The maximum atomic E-state index is 11.4. The quantitative estimate of drug-likeness (QED) is 0.409. The van der Waals surface area contributed by atoms with E-state index >= 15 is 0 Å². The Morgan fingerprint density at radius 3 is 2.46 bits per heavy atom. The van der Waals surface area contributed by atoms with E-state index in [1.54, 1.807) is 24.3 Å². The first-order valence-corrected chi connectivity index (χ1v) is 4.31. The summed E-state index contributed by atoms with van der Waals surface area (Å²) >= 11 is 5.29. The number of rotatable bonds is 3. The van der Waals surface area contributed by atoms with Crippen LogP contribution in [0.5, 0.6) is 0 Å². The Labute approximate surface area is 82.3 Å². The molecule has 0 atom stereocenters. The zero-order valence-corrected chi connectivity index (χ0v) is 7.74. The largest absolute Gasteiger partial charge is 0.289 e. The van der Waals surface area contributed by atoms with Crippen molar-refractivity contribution in [1.82, 2.24) is 0 Å². The summed E-state index contributed by atoms with van der Waals surface area (Å²) in [7, 11) is 0. The molecule has 13 heavy (non-hydrogen) atoms. The first-order valence-electron chi connectivity index (χ1n) is 3.87. The molecule has 1 rings (SSSR count). The van der Waals surface area contributed by atoms with Gasteiger partial charge in [-0.2, -0.15) is 0 Å². The normalized spacial score (nSPS) is 11.2. The molecule has 0 saturated carbocycles. The third kappa shape index (κ3) is 3.26. The first-order chi connectivity index (χ1) is 6.34. The third-order valence-corrected chi connectivity index (χ3v) is 1.64. The Bertz CT molecular complexity index is 325. The lowest BCUT2D eigenvalue weighted by Gasteiger charge is -1.91. The highest BCUT2D eigenvalue weighted by Gasteiger charge is 1.97. The van der Waals surface area contributed by atoms with Gasteiger partial charge in [-0.05, 0) is 6.08 Å². The van der Waals surface area contributed by atoms with Crippen molar-refractivity contribution >= 4 is 17.4 Å². The van der Waals surface area contributed by atoms with E-state index in [2.05, 4.69) is 0 Å². The van der Waals surface area contributed by atoms with Crippen molar-refractivity contribution < 1.29 is 4.79 Å². The highest BCUT2D eigenvalue weighted by atomic mass is 35.5. The minimum Gasteiger partial charge on any atom is -0.289 e. The van der Waals surface area contributed by atoms with Gasteiger partial charge in [0, 0.05) is 11.1 Å². The van der Waals surface area contributed by atoms with Gasteiger partial charge in [0.2, 0.25) is 0 Å². The average molecular weight is 193 g/mol. The van der Waals surface area contributed by atoms with E-state index in [0.717, 1.165) is 0 Å². The second kappa shape index (κ2) is 5.33. The Kier molecular flexibility index (Phi) is 4.00. The summed E-state index contributed by atoms with van der Waals surface area (Å²) in [5, 5.41) is 0. The minimum absolute atomic E-state index is 0.0182. The summed E-state index contributed by atoms with van der Waals surface area (Å²) in [6.45, 7) is 0. The maximum absolute atomic E-state index is 11.4. The lowest BCUT2D eigenvalue weighted by atomic mass is 10.1. The summed E-state index contributed by atoms with van der Waals surface area (Å²) in [4.78, 5) is 11.4. The highest BCUT2D eigenvalue weighted by Crippen LogP contribution is 2.00. The fourth-order valence-electron chi connectivity index (χ4n) is 0.884.